The molecule has 0 unspecified atom stereocenters. The van der Waals surface area contributed by atoms with Crippen molar-refractivity contribution < 1.29 is 15.7 Å². The number of rotatable bonds is 0. The molecule has 4 heteroatoms. The SMILES string of the molecule is CC1=NCCc2cc(O)c(O)cc21.O. The Morgan fingerprint density at radius 1 is 1.21 bits per heavy atom. The van der Waals surface area contributed by atoms with E-state index in [9.17, 15) is 10.2 Å². The molecular formula is C10H13NO3. The average Bonchev–Trinajstić information content (AvgIpc) is 2.09. The first-order valence-electron chi connectivity index (χ1n) is 4.25. The third-order valence-corrected chi connectivity index (χ3v) is 2.32. The molecule has 0 radical (unpaired) electrons. The summed E-state index contributed by atoms with van der Waals surface area (Å²) in [6, 6.07) is 3.19. The first-order chi connectivity index (χ1) is 6.18. The summed E-state index contributed by atoms with van der Waals surface area (Å²) in [5.74, 6) is -0.122. The number of hydrogen-bond acceptors (Lipinski definition) is 3. The van der Waals surface area contributed by atoms with E-state index in [0.717, 1.165) is 29.8 Å². The molecule has 1 aromatic carbocycles. The normalized spacial score (nSPS) is 13.9. The van der Waals surface area contributed by atoms with Crippen molar-refractivity contribution in [2.75, 3.05) is 6.54 Å². The van der Waals surface area contributed by atoms with Gasteiger partial charge in [-0.3, -0.25) is 4.99 Å². The van der Waals surface area contributed by atoms with Crippen molar-refractivity contribution in [1.82, 2.24) is 0 Å². The minimum atomic E-state index is -0.0739. The van der Waals surface area contributed by atoms with Gasteiger partial charge < -0.3 is 15.7 Å². The van der Waals surface area contributed by atoms with Gasteiger partial charge in [0.1, 0.15) is 0 Å². The number of fused-ring (bicyclic) bond motifs is 1. The number of hydrogen-bond donors (Lipinski definition) is 2. The van der Waals surface area contributed by atoms with Crippen LogP contribution in [0.15, 0.2) is 17.1 Å². The van der Waals surface area contributed by atoms with Crippen LogP contribution in [0.1, 0.15) is 18.1 Å². The van der Waals surface area contributed by atoms with Gasteiger partial charge in [-0.25, -0.2) is 0 Å². The van der Waals surface area contributed by atoms with Crippen LogP contribution in [-0.4, -0.2) is 27.9 Å². The van der Waals surface area contributed by atoms with Gasteiger partial charge in [-0.05, 0) is 31.0 Å². The zero-order valence-corrected chi connectivity index (χ0v) is 7.91. The fraction of sp³-hybridized carbons (Fsp3) is 0.300. The summed E-state index contributed by atoms with van der Waals surface area (Å²) in [5, 5.41) is 18.6. The summed E-state index contributed by atoms with van der Waals surface area (Å²) in [6.45, 7) is 2.68. The van der Waals surface area contributed by atoms with Gasteiger partial charge in [-0.1, -0.05) is 0 Å². The zero-order valence-electron chi connectivity index (χ0n) is 7.91. The molecule has 76 valence electrons. The van der Waals surface area contributed by atoms with Gasteiger partial charge in [-0.15, -0.1) is 0 Å². The predicted molar refractivity (Wildman–Crippen MR) is 54.2 cm³/mol. The van der Waals surface area contributed by atoms with Crippen LogP contribution in [0.3, 0.4) is 0 Å². The highest BCUT2D eigenvalue weighted by Gasteiger charge is 2.13. The van der Waals surface area contributed by atoms with Gasteiger partial charge in [0.05, 0.1) is 0 Å². The van der Waals surface area contributed by atoms with Crippen molar-refractivity contribution in [2.45, 2.75) is 13.3 Å². The maximum Gasteiger partial charge on any atom is 0.158 e. The Labute approximate surface area is 81.8 Å². The summed E-state index contributed by atoms with van der Waals surface area (Å²) >= 11 is 0. The van der Waals surface area contributed by atoms with Gasteiger partial charge in [0, 0.05) is 17.8 Å². The van der Waals surface area contributed by atoms with Crippen LogP contribution in [0.25, 0.3) is 0 Å². The number of aromatic hydroxyl groups is 2. The smallest absolute Gasteiger partial charge is 0.158 e. The van der Waals surface area contributed by atoms with E-state index in [-0.39, 0.29) is 17.0 Å². The summed E-state index contributed by atoms with van der Waals surface area (Å²) in [5.41, 5.74) is 2.93. The van der Waals surface area contributed by atoms with Crippen molar-refractivity contribution in [3.05, 3.63) is 23.3 Å². The second-order valence-corrected chi connectivity index (χ2v) is 3.22. The molecule has 14 heavy (non-hydrogen) atoms. The molecule has 0 saturated carbocycles. The highest BCUT2D eigenvalue weighted by Crippen LogP contribution is 2.30. The van der Waals surface area contributed by atoms with Crippen molar-refractivity contribution in [3.63, 3.8) is 0 Å². The maximum absolute atomic E-state index is 9.29. The van der Waals surface area contributed by atoms with Crippen LogP contribution >= 0.6 is 0 Å². The Balaban J connectivity index is 0.000000980. The molecule has 2 rings (SSSR count). The monoisotopic (exact) mass is 195 g/mol. The first kappa shape index (κ1) is 10.5. The Kier molecular flexibility index (Phi) is 2.76. The molecule has 1 aromatic rings. The number of phenolic OH excluding ortho intramolecular Hbond substituents is 2. The minimum absolute atomic E-state index is 0. The van der Waals surface area contributed by atoms with Crippen LogP contribution in [0.2, 0.25) is 0 Å². The van der Waals surface area contributed by atoms with Gasteiger partial charge in [-0.2, -0.15) is 0 Å². The largest absolute Gasteiger partial charge is 0.504 e. The maximum atomic E-state index is 9.29. The second kappa shape index (κ2) is 3.67. The summed E-state index contributed by atoms with van der Waals surface area (Å²) in [4.78, 5) is 4.27. The Morgan fingerprint density at radius 3 is 2.57 bits per heavy atom. The minimum Gasteiger partial charge on any atom is -0.504 e. The molecule has 0 bridgehead atoms. The van der Waals surface area contributed by atoms with E-state index in [2.05, 4.69) is 4.99 Å². The van der Waals surface area contributed by atoms with E-state index < -0.39 is 0 Å². The number of aliphatic imine (C=N–C) groups is 1. The molecule has 0 atom stereocenters. The van der Waals surface area contributed by atoms with E-state index in [1.54, 1.807) is 12.1 Å². The summed E-state index contributed by atoms with van der Waals surface area (Å²) in [6.07, 6.45) is 0.834. The van der Waals surface area contributed by atoms with Crippen molar-refractivity contribution in [1.29, 1.82) is 0 Å². The van der Waals surface area contributed by atoms with Crippen LogP contribution in [0, 0.1) is 0 Å². The summed E-state index contributed by atoms with van der Waals surface area (Å²) in [7, 11) is 0. The quantitative estimate of drug-likeness (QED) is 0.595. The third kappa shape index (κ3) is 1.56. The van der Waals surface area contributed by atoms with Gasteiger partial charge >= 0.3 is 0 Å². The topological polar surface area (TPSA) is 84.3 Å². The Bertz CT molecular complexity index is 385. The number of benzene rings is 1. The lowest BCUT2D eigenvalue weighted by atomic mass is 9.98. The van der Waals surface area contributed by atoms with Crippen LogP contribution < -0.4 is 0 Å². The highest BCUT2D eigenvalue weighted by molar-refractivity contribution is 6.01. The molecule has 0 saturated heterocycles. The number of phenols is 2. The highest BCUT2D eigenvalue weighted by atomic mass is 16.3. The van der Waals surface area contributed by atoms with Crippen molar-refractivity contribution in [3.8, 4) is 11.5 Å². The van der Waals surface area contributed by atoms with E-state index in [1.807, 2.05) is 6.92 Å². The Morgan fingerprint density at radius 2 is 1.86 bits per heavy atom. The fourth-order valence-corrected chi connectivity index (χ4v) is 1.59. The molecule has 0 spiro atoms. The van der Waals surface area contributed by atoms with Gasteiger partial charge in [0.15, 0.2) is 11.5 Å². The predicted octanol–water partition coefficient (Wildman–Crippen LogP) is 0.638. The lowest BCUT2D eigenvalue weighted by Crippen LogP contribution is -2.09. The lowest BCUT2D eigenvalue weighted by molar-refractivity contribution is 0.403. The summed E-state index contributed by atoms with van der Waals surface area (Å²) < 4.78 is 0. The fourth-order valence-electron chi connectivity index (χ4n) is 1.59. The van der Waals surface area contributed by atoms with Crippen LogP contribution in [0.4, 0.5) is 0 Å². The molecule has 0 aromatic heterocycles. The Hall–Kier alpha value is -1.55. The van der Waals surface area contributed by atoms with Gasteiger partial charge in [0.25, 0.3) is 0 Å². The lowest BCUT2D eigenvalue weighted by Gasteiger charge is -2.14. The van der Waals surface area contributed by atoms with E-state index in [0.29, 0.717) is 0 Å². The molecule has 0 amide bonds. The van der Waals surface area contributed by atoms with Gasteiger partial charge in [0.2, 0.25) is 0 Å². The van der Waals surface area contributed by atoms with Crippen molar-refractivity contribution in [2.24, 2.45) is 4.99 Å². The van der Waals surface area contributed by atoms with Crippen LogP contribution in [0.5, 0.6) is 11.5 Å². The molecule has 1 aliphatic heterocycles. The molecule has 1 heterocycles. The first-order valence-corrected chi connectivity index (χ1v) is 4.25. The molecular weight excluding hydrogens is 182 g/mol. The third-order valence-electron chi connectivity index (χ3n) is 2.32. The second-order valence-electron chi connectivity index (χ2n) is 3.22. The van der Waals surface area contributed by atoms with E-state index in [4.69, 9.17) is 0 Å². The molecule has 4 N–H and O–H groups in total. The standard InChI is InChI=1S/C10H11NO2.H2O/c1-6-8-5-10(13)9(12)4-7(8)2-3-11-6;/h4-5,12-13H,2-3H2,1H3;1H2. The van der Waals surface area contributed by atoms with Crippen LogP contribution in [-0.2, 0) is 6.42 Å². The average molecular weight is 195 g/mol. The molecule has 0 aliphatic carbocycles. The molecule has 1 aliphatic rings. The van der Waals surface area contributed by atoms with E-state index >= 15 is 0 Å². The molecule has 0 fully saturated rings. The molecule has 4 nitrogen and oxygen atoms in total. The van der Waals surface area contributed by atoms with E-state index in [1.165, 1.54) is 0 Å². The zero-order chi connectivity index (χ0) is 9.42. The van der Waals surface area contributed by atoms with Crippen molar-refractivity contribution >= 4 is 5.71 Å². The number of nitrogens with zero attached hydrogens (tertiary/aromatic N) is 1.